The highest BCUT2D eigenvalue weighted by atomic mass is 32.2. The topological polar surface area (TPSA) is 93.0 Å². The Morgan fingerprint density at radius 3 is 2.56 bits per heavy atom. The Kier molecular flexibility index (Phi) is 6.44. The molecule has 2 fully saturated rings. The van der Waals surface area contributed by atoms with E-state index in [2.05, 4.69) is 4.98 Å². The molecule has 1 aromatic carbocycles. The van der Waals surface area contributed by atoms with Crippen molar-refractivity contribution in [2.24, 2.45) is 0 Å². The minimum Gasteiger partial charge on any atom is -0.420 e. The van der Waals surface area contributed by atoms with Crippen LogP contribution in [0.5, 0.6) is 0 Å². The normalized spacial score (nSPS) is 18.8. The molecule has 2 saturated heterocycles. The monoisotopic (exact) mass is 493 g/mol. The van der Waals surface area contributed by atoms with Gasteiger partial charge in [-0.1, -0.05) is 30.0 Å². The van der Waals surface area contributed by atoms with Gasteiger partial charge in [-0.2, -0.15) is 4.98 Å². The second kappa shape index (κ2) is 8.97. The summed E-state index contributed by atoms with van der Waals surface area (Å²) in [6, 6.07) is 4.98. The van der Waals surface area contributed by atoms with Gasteiger partial charge in [0.1, 0.15) is 4.32 Å². The molecule has 32 heavy (non-hydrogen) atoms. The van der Waals surface area contributed by atoms with Gasteiger partial charge in [0.05, 0.1) is 23.0 Å². The fourth-order valence-electron chi connectivity index (χ4n) is 3.39. The summed E-state index contributed by atoms with van der Waals surface area (Å²) in [4.78, 5) is 20.7. The molecule has 0 unspecified atom stereocenters. The zero-order valence-corrected chi connectivity index (χ0v) is 20.4. The summed E-state index contributed by atoms with van der Waals surface area (Å²) >= 11 is 6.39. The molecule has 0 saturated carbocycles. The molecule has 8 nitrogen and oxygen atoms in total. The molecule has 2 aromatic rings. The lowest BCUT2D eigenvalue weighted by atomic mass is 10.1. The lowest BCUT2D eigenvalue weighted by Gasteiger charge is -2.26. The molecular formula is C21H23N3O5S3. The summed E-state index contributed by atoms with van der Waals surface area (Å²) in [6.45, 7) is 7.93. The molecule has 2 aliphatic rings. The molecule has 0 radical (unpaired) electrons. The number of thioether (sulfide) groups is 1. The number of amides is 1. The highest BCUT2D eigenvalue weighted by Crippen LogP contribution is 2.36. The van der Waals surface area contributed by atoms with Crippen LogP contribution < -0.4 is 4.90 Å². The first-order chi connectivity index (χ1) is 15.2. The quantitative estimate of drug-likeness (QED) is 0.460. The highest BCUT2D eigenvalue weighted by Gasteiger charge is 2.34. The van der Waals surface area contributed by atoms with Crippen molar-refractivity contribution in [1.82, 2.24) is 9.88 Å². The fraction of sp³-hybridized carbons (Fsp3) is 0.381. The molecule has 0 atom stereocenters. The maximum absolute atomic E-state index is 13.5. The van der Waals surface area contributed by atoms with Crippen molar-refractivity contribution < 1.29 is 22.4 Å². The van der Waals surface area contributed by atoms with Crippen LogP contribution in [0.3, 0.4) is 0 Å². The molecule has 4 rings (SSSR count). The Morgan fingerprint density at radius 2 is 1.94 bits per heavy atom. The predicted octanol–water partition coefficient (Wildman–Crippen LogP) is 3.18. The predicted molar refractivity (Wildman–Crippen MR) is 126 cm³/mol. The number of aromatic nitrogens is 1. The van der Waals surface area contributed by atoms with Crippen LogP contribution in [-0.4, -0.2) is 61.4 Å². The fourth-order valence-corrected chi connectivity index (χ4v) is 6.16. The van der Waals surface area contributed by atoms with E-state index >= 15 is 0 Å². The van der Waals surface area contributed by atoms with Crippen molar-refractivity contribution in [3.05, 3.63) is 40.1 Å². The zero-order valence-electron chi connectivity index (χ0n) is 18.0. The van der Waals surface area contributed by atoms with E-state index in [0.717, 1.165) is 22.9 Å². The van der Waals surface area contributed by atoms with Crippen molar-refractivity contribution in [3.8, 4) is 0 Å². The highest BCUT2D eigenvalue weighted by molar-refractivity contribution is 8.26. The van der Waals surface area contributed by atoms with Crippen LogP contribution in [0.4, 0.5) is 5.88 Å². The van der Waals surface area contributed by atoms with Crippen LogP contribution in [-0.2, 0) is 19.4 Å². The Bertz CT molecular complexity index is 1210. The molecule has 1 aromatic heterocycles. The number of ether oxygens (including phenoxy) is 1. The lowest BCUT2D eigenvalue weighted by Crippen LogP contribution is -2.36. The Labute approximate surface area is 196 Å². The molecule has 2 aliphatic heterocycles. The SMILES string of the molecule is CCN1C(=O)C(=Cc2nc(S(=O)(=O)c3ccc(C)c(C)c3)c(N3CCOCC3)o2)SC1=S. The average Bonchev–Trinajstić information content (AvgIpc) is 3.32. The number of oxazole rings is 1. The van der Waals surface area contributed by atoms with E-state index in [1.807, 2.05) is 20.8 Å². The standard InChI is InChI=1S/C21H23N3O5S3/c1-4-24-19(25)16(31-21(24)30)12-17-22-18(20(29-17)23-7-9-28-10-8-23)32(26,27)15-6-5-13(2)14(3)11-15/h5-6,11-12H,4,7-10H2,1-3H3. The van der Waals surface area contributed by atoms with Crippen molar-refractivity contribution in [2.75, 3.05) is 37.7 Å². The number of hydrogen-bond donors (Lipinski definition) is 0. The van der Waals surface area contributed by atoms with Crippen LogP contribution in [0.1, 0.15) is 23.9 Å². The summed E-state index contributed by atoms with van der Waals surface area (Å²) < 4.78 is 38.8. The molecule has 0 aliphatic carbocycles. The van der Waals surface area contributed by atoms with E-state index in [1.165, 1.54) is 11.0 Å². The van der Waals surface area contributed by atoms with Gasteiger partial charge in [-0.15, -0.1) is 0 Å². The third kappa shape index (κ3) is 4.21. The Morgan fingerprint density at radius 1 is 1.22 bits per heavy atom. The lowest BCUT2D eigenvalue weighted by molar-refractivity contribution is -0.122. The first-order valence-corrected chi connectivity index (χ1v) is 12.8. The van der Waals surface area contributed by atoms with Gasteiger partial charge >= 0.3 is 0 Å². The number of morpholine rings is 1. The molecule has 0 bridgehead atoms. The summed E-state index contributed by atoms with van der Waals surface area (Å²) in [5.74, 6) is -0.0403. The first kappa shape index (κ1) is 23.0. The van der Waals surface area contributed by atoms with Gasteiger partial charge in [0.15, 0.2) is 0 Å². The zero-order chi connectivity index (χ0) is 23.0. The van der Waals surface area contributed by atoms with Gasteiger partial charge in [0.2, 0.25) is 26.6 Å². The van der Waals surface area contributed by atoms with Gasteiger partial charge in [0, 0.05) is 25.7 Å². The number of anilines is 1. The third-order valence-corrected chi connectivity index (χ3v) is 8.41. The molecule has 0 N–H and O–H groups in total. The minimum atomic E-state index is -3.96. The van der Waals surface area contributed by atoms with Crippen molar-refractivity contribution in [3.63, 3.8) is 0 Å². The maximum atomic E-state index is 13.5. The summed E-state index contributed by atoms with van der Waals surface area (Å²) in [5.41, 5.74) is 1.86. The smallest absolute Gasteiger partial charge is 0.266 e. The van der Waals surface area contributed by atoms with Gasteiger partial charge < -0.3 is 14.1 Å². The van der Waals surface area contributed by atoms with Crippen LogP contribution >= 0.6 is 24.0 Å². The first-order valence-electron chi connectivity index (χ1n) is 10.1. The van der Waals surface area contributed by atoms with E-state index in [4.69, 9.17) is 21.4 Å². The van der Waals surface area contributed by atoms with Gasteiger partial charge in [0.25, 0.3) is 5.91 Å². The minimum absolute atomic E-state index is 0.0468. The van der Waals surface area contributed by atoms with E-state index in [1.54, 1.807) is 23.1 Å². The molecule has 3 heterocycles. The van der Waals surface area contributed by atoms with Crippen LogP contribution in [0.25, 0.3) is 6.08 Å². The van der Waals surface area contributed by atoms with Crippen molar-refractivity contribution in [1.29, 1.82) is 0 Å². The number of carbonyl (C=O) groups excluding carboxylic acids is 1. The van der Waals surface area contributed by atoms with Gasteiger partial charge in [-0.25, -0.2) is 8.42 Å². The van der Waals surface area contributed by atoms with E-state index < -0.39 is 9.84 Å². The van der Waals surface area contributed by atoms with Crippen LogP contribution in [0.2, 0.25) is 0 Å². The van der Waals surface area contributed by atoms with Crippen molar-refractivity contribution >= 4 is 56.0 Å². The summed E-state index contributed by atoms with van der Waals surface area (Å²) in [5, 5.41) is -0.167. The number of rotatable bonds is 5. The van der Waals surface area contributed by atoms with E-state index in [-0.39, 0.29) is 27.6 Å². The van der Waals surface area contributed by atoms with Crippen LogP contribution in [0.15, 0.2) is 37.4 Å². The average molecular weight is 494 g/mol. The number of likely N-dealkylation sites (N-methyl/N-ethyl adjacent to an activating group) is 1. The summed E-state index contributed by atoms with van der Waals surface area (Å²) in [6.07, 6.45) is 1.46. The number of hydrogen-bond acceptors (Lipinski definition) is 9. The van der Waals surface area contributed by atoms with Crippen LogP contribution in [0, 0.1) is 13.8 Å². The molecular weight excluding hydrogens is 470 g/mol. The van der Waals surface area contributed by atoms with E-state index in [9.17, 15) is 13.2 Å². The second-order valence-electron chi connectivity index (χ2n) is 7.44. The third-order valence-electron chi connectivity index (χ3n) is 5.38. The second-order valence-corrected chi connectivity index (χ2v) is 11.0. The largest absolute Gasteiger partial charge is 0.420 e. The van der Waals surface area contributed by atoms with Gasteiger partial charge in [-0.05, 0) is 44.0 Å². The van der Waals surface area contributed by atoms with E-state index in [0.29, 0.717) is 42.1 Å². The number of aryl methyl sites for hydroxylation is 2. The Balaban J connectivity index is 1.80. The van der Waals surface area contributed by atoms with Gasteiger partial charge in [-0.3, -0.25) is 9.69 Å². The number of thiocarbonyl (C=S) groups is 1. The number of nitrogens with zero attached hydrogens (tertiary/aromatic N) is 3. The molecule has 11 heteroatoms. The molecule has 170 valence electrons. The molecule has 0 spiro atoms. The number of benzene rings is 1. The Hall–Kier alpha value is -2.21. The molecule has 1 amide bonds. The summed E-state index contributed by atoms with van der Waals surface area (Å²) in [7, 11) is -3.96. The number of carbonyl (C=O) groups is 1. The number of sulfone groups is 1. The maximum Gasteiger partial charge on any atom is 0.266 e. The van der Waals surface area contributed by atoms with Crippen molar-refractivity contribution in [2.45, 2.75) is 30.7 Å².